The largest absolute Gasteiger partial charge is 0.378 e. The van der Waals surface area contributed by atoms with Crippen LogP contribution >= 0.6 is 15.9 Å². The van der Waals surface area contributed by atoms with E-state index in [1.807, 2.05) is 13.8 Å². The van der Waals surface area contributed by atoms with E-state index in [1.165, 1.54) is 4.31 Å². The van der Waals surface area contributed by atoms with E-state index in [9.17, 15) is 8.42 Å². The molecule has 23 heavy (non-hydrogen) atoms. The molecule has 0 aliphatic carbocycles. The lowest BCUT2D eigenvalue weighted by Crippen LogP contribution is -2.43. The molecule has 1 aliphatic heterocycles. The fourth-order valence-electron chi connectivity index (χ4n) is 2.93. The second kappa shape index (κ2) is 6.35. The minimum absolute atomic E-state index is 0.269. The van der Waals surface area contributed by atoms with Gasteiger partial charge in [-0.25, -0.2) is 8.42 Å². The Bertz CT molecular complexity index is 800. The Morgan fingerprint density at radius 3 is 2.74 bits per heavy atom. The Kier molecular flexibility index (Phi) is 4.59. The van der Waals surface area contributed by atoms with E-state index in [2.05, 4.69) is 26.1 Å². The first-order valence-electron chi connectivity index (χ1n) is 7.28. The monoisotopic (exact) mass is 399 g/mol. The molecule has 0 amide bonds. The highest BCUT2D eigenvalue weighted by atomic mass is 79.9. The summed E-state index contributed by atoms with van der Waals surface area (Å²) in [5.74, 6) is 0. The first-order valence-corrected chi connectivity index (χ1v) is 9.52. The van der Waals surface area contributed by atoms with Crippen LogP contribution in [-0.2, 0) is 14.8 Å². The van der Waals surface area contributed by atoms with Gasteiger partial charge in [0.15, 0.2) is 0 Å². The van der Waals surface area contributed by atoms with Gasteiger partial charge in [-0.05, 0) is 41.9 Å². The van der Waals surface area contributed by atoms with Crippen molar-refractivity contribution in [2.75, 3.05) is 19.8 Å². The number of nitrogens with one attached hydrogen (secondary N) is 1. The van der Waals surface area contributed by atoms with Gasteiger partial charge in [0.1, 0.15) is 0 Å². The van der Waals surface area contributed by atoms with Crippen molar-refractivity contribution < 1.29 is 13.2 Å². The average molecular weight is 400 g/mol. The summed E-state index contributed by atoms with van der Waals surface area (Å²) in [6.45, 7) is 4.79. The van der Waals surface area contributed by atoms with Crippen LogP contribution in [0.2, 0.25) is 0 Å². The van der Waals surface area contributed by atoms with Crippen molar-refractivity contribution in [1.82, 2.24) is 14.5 Å². The van der Waals surface area contributed by atoms with Gasteiger partial charge in [0, 0.05) is 22.3 Å². The first kappa shape index (κ1) is 16.6. The third kappa shape index (κ3) is 2.96. The van der Waals surface area contributed by atoms with Crippen LogP contribution in [0.5, 0.6) is 0 Å². The molecule has 0 bridgehead atoms. The Labute approximate surface area is 144 Å². The number of ether oxygens (including phenoxy) is 1. The quantitative estimate of drug-likeness (QED) is 0.860. The highest BCUT2D eigenvalue weighted by Gasteiger charge is 2.37. The third-order valence-corrected chi connectivity index (χ3v) is 6.94. The number of morpholine rings is 1. The third-order valence-electron chi connectivity index (χ3n) is 4.02. The number of H-pyrrole nitrogens is 1. The number of hydrogen-bond acceptors (Lipinski definition) is 4. The molecule has 1 saturated heterocycles. The van der Waals surface area contributed by atoms with Gasteiger partial charge in [-0.15, -0.1) is 0 Å². The Morgan fingerprint density at radius 2 is 2.09 bits per heavy atom. The van der Waals surface area contributed by atoms with Gasteiger partial charge in [0.05, 0.1) is 29.8 Å². The molecular formula is C15H18BrN3O3S. The highest BCUT2D eigenvalue weighted by Crippen LogP contribution is 2.34. The molecule has 3 rings (SSSR count). The van der Waals surface area contributed by atoms with Gasteiger partial charge in [-0.1, -0.05) is 12.1 Å². The van der Waals surface area contributed by atoms with Crippen molar-refractivity contribution in [3.63, 3.8) is 0 Å². The van der Waals surface area contributed by atoms with E-state index in [0.717, 1.165) is 17.0 Å². The zero-order valence-electron chi connectivity index (χ0n) is 12.9. The Hall–Kier alpha value is -1.22. The van der Waals surface area contributed by atoms with Crippen LogP contribution in [0.15, 0.2) is 33.6 Å². The summed E-state index contributed by atoms with van der Waals surface area (Å²) in [6.07, 6.45) is 0. The maximum atomic E-state index is 13.1. The van der Waals surface area contributed by atoms with Crippen LogP contribution in [-0.4, -0.2) is 42.7 Å². The standard InChI is InChI=1S/C15H18BrN3O3S/c1-10-15(11(2)18-17-10)13-9-22-8-7-19(13)23(20,21)14-6-4-3-5-12(14)16/h3-6,13H,7-9H2,1-2H3,(H,17,18). The van der Waals surface area contributed by atoms with E-state index < -0.39 is 10.0 Å². The van der Waals surface area contributed by atoms with Gasteiger partial charge in [-0.2, -0.15) is 9.40 Å². The van der Waals surface area contributed by atoms with Crippen LogP contribution in [0.25, 0.3) is 0 Å². The lowest BCUT2D eigenvalue weighted by molar-refractivity contribution is 0.0316. The van der Waals surface area contributed by atoms with Crippen LogP contribution < -0.4 is 0 Å². The van der Waals surface area contributed by atoms with Gasteiger partial charge < -0.3 is 4.74 Å². The van der Waals surface area contributed by atoms with Crippen molar-refractivity contribution in [1.29, 1.82) is 0 Å². The van der Waals surface area contributed by atoms with Crippen molar-refractivity contribution in [2.45, 2.75) is 24.8 Å². The van der Waals surface area contributed by atoms with Gasteiger partial charge in [-0.3, -0.25) is 5.10 Å². The van der Waals surface area contributed by atoms with Gasteiger partial charge >= 0.3 is 0 Å². The van der Waals surface area contributed by atoms with Crippen molar-refractivity contribution in [3.8, 4) is 0 Å². The summed E-state index contributed by atoms with van der Waals surface area (Å²) in [5, 5.41) is 7.11. The molecule has 1 aromatic heterocycles. The van der Waals surface area contributed by atoms with Crippen molar-refractivity contribution >= 4 is 26.0 Å². The van der Waals surface area contributed by atoms with Gasteiger partial charge in [0.2, 0.25) is 10.0 Å². The molecule has 1 N–H and O–H groups in total. The molecule has 1 fully saturated rings. The maximum Gasteiger partial charge on any atom is 0.244 e. The molecule has 1 unspecified atom stereocenters. The number of aromatic amines is 1. The second-order valence-corrected chi connectivity index (χ2v) is 8.20. The lowest BCUT2D eigenvalue weighted by Gasteiger charge is -2.35. The molecule has 0 spiro atoms. The topological polar surface area (TPSA) is 75.3 Å². The molecule has 124 valence electrons. The van der Waals surface area contributed by atoms with E-state index in [0.29, 0.717) is 24.2 Å². The van der Waals surface area contributed by atoms with Crippen molar-refractivity contribution in [2.24, 2.45) is 0 Å². The van der Waals surface area contributed by atoms with E-state index in [1.54, 1.807) is 24.3 Å². The predicted molar refractivity (Wildman–Crippen MR) is 89.7 cm³/mol. The molecule has 8 heteroatoms. The number of nitrogens with zero attached hydrogens (tertiary/aromatic N) is 2. The number of benzene rings is 1. The van der Waals surface area contributed by atoms with E-state index in [-0.39, 0.29) is 10.9 Å². The SMILES string of the molecule is Cc1n[nH]c(C)c1C1COCCN1S(=O)(=O)c1ccccc1Br. The number of rotatable bonds is 3. The summed E-state index contributed by atoms with van der Waals surface area (Å²) in [5.41, 5.74) is 2.55. The van der Waals surface area contributed by atoms with Crippen LogP contribution in [0, 0.1) is 13.8 Å². The summed E-state index contributed by atoms with van der Waals surface area (Å²) < 4.78 is 33.9. The molecule has 1 aromatic carbocycles. The Balaban J connectivity index is 2.07. The number of sulfonamides is 1. The molecule has 1 aliphatic rings. The molecule has 1 atom stereocenters. The summed E-state index contributed by atoms with van der Waals surface area (Å²) in [7, 11) is -3.64. The molecule has 2 heterocycles. The number of aromatic nitrogens is 2. The predicted octanol–water partition coefficient (Wildman–Crippen LogP) is 2.55. The lowest BCUT2D eigenvalue weighted by atomic mass is 10.1. The number of aryl methyl sites for hydroxylation is 2. The van der Waals surface area contributed by atoms with Crippen molar-refractivity contribution in [3.05, 3.63) is 45.7 Å². The van der Waals surface area contributed by atoms with Crippen LogP contribution in [0.4, 0.5) is 0 Å². The zero-order chi connectivity index (χ0) is 16.6. The number of halogens is 1. The minimum atomic E-state index is -3.64. The van der Waals surface area contributed by atoms with E-state index >= 15 is 0 Å². The molecule has 0 radical (unpaired) electrons. The minimum Gasteiger partial charge on any atom is -0.378 e. The van der Waals surface area contributed by atoms with Gasteiger partial charge in [0.25, 0.3) is 0 Å². The fraction of sp³-hybridized carbons (Fsp3) is 0.400. The Morgan fingerprint density at radius 1 is 1.35 bits per heavy atom. The zero-order valence-corrected chi connectivity index (χ0v) is 15.3. The number of hydrogen-bond donors (Lipinski definition) is 1. The first-order chi connectivity index (χ1) is 10.9. The molecule has 2 aromatic rings. The summed E-state index contributed by atoms with van der Waals surface area (Å²) in [6, 6.07) is 6.49. The van der Waals surface area contributed by atoms with Crippen LogP contribution in [0.1, 0.15) is 23.0 Å². The molecular weight excluding hydrogens is 382 g/mol. The molecule has 6 nitrogen and oxygen atoms in total. The maximum absolute atomic E-state index is 13.1. The molecule has 0 saturated carbocycles. The summed E-state index contributed by atoms with van der Waals surface area (Å²) in [4.78, 5) is 0.269. The van der Waals surface area contributed by atoms with E-state index in [4.69, 9.17) is 4.74 Å². The smallest absolute Gasteiger partial charge is 0.244 e. The second-order valence-electron chi connectivity index (χ2n) is 5.48. The van der Waals surface area contributed by atoms with Crippen LogP contribution in [0.3, 0.4) is 0 Å². The average Bonchev–Trinajstić information content (AvgIpc) is 2.86. The highest BCUT2D eigenvalue weighted by molar-refractivity contribution is 9.10. The fourth-order valence-corrected chi connectivity index (χ4v) is 5.47. The summed E-state index contributed by atoms with van der Waals surface area (Å²) >= 11 is 3.34. The normalized spacial score (nSPS) is 19.9.